The van der Waals surface area contributed by atoms with Crippen LogP contribution in [0.3, 0.4) is 0 Å². The van der Waals surface area contributed by atoms with Crippen LogP contribution in [0, 0.1) is 13.8 Å². The molecule has 0 saturated heterocycles. The first-order valence-corrected chi connectivity index (χ1v) is 11.0. The van der Waals surface area contributed by atoms with E-state index in [0.717, 1.165) is 24.1 Å². The van der Waals surface area contributed by atoms with Gasteiger partial charge in [0.2, 0.25) is 5.91 Å². The molecule has 0 unspecified atom stereocenters. The van der Waals surface area contributed by atoms with Crippen molar-refractivity contribution in [1.29, 1.82) is 0 Å². The van der Waals surface area contributed by atoms with Gasteiger partial charge >= 0.3 is 0 Å². The zero-order valence-electron chi connectivity index (χ0n) is 18.5. The molecule has 1 amide bonds. The number of aromatic nitrogens is 3. The highest BCUT2D eigenvalue weighted by Gasteiger charge is 2.11. The summed E-state index contributed by atoms with van der Waals surface area (Å²) in [5.74, 6) is -0.0471. The van der Waals surface area contributed by atoms with Crippen LogP contribution in [-0.2, 0) is 17.8 Å². The molecule has 2 aromatic heterocycles. The molecule has 4 aromatic rings. The summed E-state index contributed by atoms with van der Waals surface area (Å²) >= 11 is 0. The number of hydrogen-bond acceptors (Lipinski definition) is 3. The number of fused-ring (bicyclic) bond motifs is 1. The van der Waals surface area contributed by atoms with E-state index in [1.807, 2.05) is 30.3 Å². The zero-order valence-corrected chi connectivity index (χ0v) is 18.5. The van der Waals surface area contributed by atoms with Crippen LogP contribution in [0.25, 0.3) is 16.8 Å². The molecular weight excluding hydrogens is 400 g/mol. The van der Waals surface area contributed by atoms with Gasteiger partial charge < -0.3 is 9.88 Å². The number of nitrogens with zero attached hydrogens (tertiary/aromatic N) is 3. The maximum Gasteiger partial charge on any atom is 0.276 e. The molecule has 0 bridgehead atoms. The van der Waals surface area contributed by atoms with Crippen LogP contribution in [0.4, 0.5) is 0 Å². The second kappa shape index (κ2) is 9.64. The number of benzene rings is 2. The molecule has 0 aliphatic carbocycles. The Morgan fingerprint density at radius 2 is 1.81 bits per heavy atom. The van der Waals surface area contributed by atoms with Gasteiger partial charge in [-0.3, -0.25) is 9.59 Å². The van der Waals surface area contributed by atoms with E-state index in [1.54, 1.807) is 21.5 Å². The smallest absolute Gasteiger partial charge is 0.276 e. The fraction of sp³-hybridized carbons (Fsp3) is 0.269. The average molecular weight is 429 g/mol. The lowest BCUT2D eigenvalue weighted by Gasteiger charge is -2.07. The van der Waals surface area contributed by atoms with Crippen molar-refractivity contribution in [3.05, 3.63) is 94.0 Å². The van der Waals surface area contributed by atoms with Crippen LogP contribution < -0.4 is 10.9 Å². The van der Waals surface area contributed by atoms with Crippen LogP contribution >= 0.6 is 0 Å². The van der Waals surface area contributed by atoms with E-state index in [0.29, 0.717) is 18.6 Å². The standard InChI is InChI=1S/C26H28N4O2/c1-19-10-11-22(17-20(19)2)23-18-24-26(32)29(15-16-30(24)28-23)14-12-25(31)27-13-6-9-21-7-4-3-5-8-21/h3-5,7-8,10-11,15-18H,6,9,12-14H2,1-2H3,(H,27,31). The Kier molecular flexibility index (Phi) is 6.50. The van der Waals surface area contributed by atoms with Crippen LogP contribution in [0.15, 0.2) is 71.8 Å². The van der Waals surface area contributed by atoms with E-state index in [9.17, 15) is 9.59 Å². The predicted molar refractivity (Wildman–Crippen MR) is 127 cm³/mol. The van der Waals surface area contributed by atoms with Gasteiger partial charge in [0.05, 0.1) is 5.69 Å². The third-order valence-electron chi connectivity index (χ3n) is 5.79. The summed E-state index contributed by atoms with van der Waals surface area (Å²) in [4.78, 5) is 25.1. The summed E-state index contributed by atoms with van der Waals surface area (Å²) in [6.45, 7) is 5.10. The topological polar surface area (TPSA) is 68.4 Å². The second-order valence-electron chi connectivity index (χ2n) is 8.14. The quantitative estimate of drug-likeness (QED) is 0.433. The molecule has 6 nitrogen and oxygen atoms in total. The Balaban J connectivity index is 1.36. The minimum atomic E-state index is -0.146. The fourth-order valence-corrected chi connectivity index (χ4v) is 3.72. The summed E-state index contributed by atoms with van der Waals surface area (Å²) in [6.07, 6.45) is 5.54. The van der Waals surface area contributed by atoms with Gasteiger partial charge in [-0.05, 0) is 55.5 Å². The van der Waals surface area contributed by atoms with Crippen LogP contribution in [0.2, 0.25) is 0 Å². The molecule has 0 aliphatic heterocycles. The van der Waals surface area contributed by atoms with Gasteiger partial charge in [0.15, 0.2) is 0 Å². The summed E-state index contributed by atoms with van der Waals surface area (Å²) in [6, 6.07) is 18.2. The lowest BCUT2D eigenvalue weighted by molar-refractivity contribution is -0.121. The third kappa shape index (κ3) is 4.97. The predicted octanol–water partition coefficient (Wildman–Crippen LogP) is 3.92. The number of amides is 1. The Morgan fingerprint density at radius 3 is 2.59 bits per heavy atom. The van der Waals surface area contributed by atoms with Gasteiger partial charge in [-0.25, -0.2) is 4.52 Å². The minimum absolute atomic E-state index is 0.0471. The number of nitrogens with one attached hydrogen (secondary N) is 1. The number of carbonyl (C=O) groups excluding carboxylic acids is 1. The van der Waals surface area contributed by atoms with Crippen LogP contribution in [-0.4, -0.2) is 26.6 Å². The fourth-order valence-electron chi connectivity index (χ4n) is 3.72. The molecule has 0 saturated carbocycles. The molecule has 0 aliphatic rings. The maximum atomic E-state index is 12.9. The monoisotopic (exact) mass is 428 g/mol. The van der Waals surface area contributed by atoms with Gasteiger partial charge in [0, 0.05) is 37.5 Å². The molecule has 2 heterocycles. The summed E-state index contributed by atoms with van der Waals surface area (Å²) in [7, 11) is 0. The van der Waals surface area contributed by atoms with Crippen LogP contribution in [0.5, 0.6) is 0 Å². The Bertz CT molecular complexity index is 1290. The molecule has 0 atom stereocenters. The third-order valence-corrected chi connectivity index (χ3v) is 5.79. The van der Waals surface area contributed by atoms with Crippen molar-refractivity contribution in [2.75, 3.05) is 6.54 Å². The molecule has 2 aromatic carbocycles. The van der Waals surface area contributed by atoms with E-state index in [2.05, 4.69) is 48.5 Å². The molecular formula is C26H28N4O2. The lowest BCUT2D eigenvalue weighted by Crippen LogP contribution is -2.28. The molecule has 4 rings (SSSR count). The van der Waals surface area contributed by atoms with Crippen molar-refractivity contribution in [1.82, 2.24) is 19.5 Å². The molecule has 6 heteroatoms. The number of carbonyl (C=O) groups is 1. The van der Waals surface area contributed by atoms with Crippen molar-refractivity contribution in [2.45, 2.75) is 39.7 Å². The number of aryl methyl sites for hydroxylation is 4. The van der Waals surface area contributed by atoms with E-state index >= 15 is 0 Å². The minimum Gasteiger partial charge on any atom is -0.356 e. The SMILES string of the molecule is Cc1ccc(-c2cc3c(=O)n(CCC(=O)NCCCc4ccccc4)ccn3n2)cc1C. The second-order valence-corrected chi connectivity index (χ2v) is 8.14. The first kappa shape index (κ1) is 21.6. The maximum absolute atomic E-state index is 12.9. The molecule has 164 valence electrons. The van der Waals surface area contributed by atoms with Gasteiger partial charge in [-0.15, -0.1) is 0 Å². The number of hydrogen-bond donors (Lipinski definition) is 1. The largest absolute Gasteiger partial charge is 0.356 e. The summed E-state index contributed by atoms with van der Waals surface area (Å²) < 4.78 is 3.18. The van der Waals surface area contributed by atoms with E-state index < -0.39 is 0 Å². The Morgan fingerprint density at radius 1 is 1.00 bits per heavy atom. The average Bonchev–Trinajstić information content (AvgIpc) is 3.24. The van der Waals surface area contributed by atoms with E-state index in [1.165, 1.54) is 16.7 Å². The van der Waals surface area contributed by atoms with Gasteiger partial charge in [-0.1, -0.05) is 42.5 Å². The first-order valence-electron chi connectivity index (χ1n) is 11.0. The van der Waals surface area contributed by atoms with E-state index in [-0.39, 0.29) is 17.9 Å². The molecule has 32 heavy (non-hydrogen) atoms. The summed E-state index contributed by atoms with van der Waals surface area (Å²) in [5, 5.41) is 7.49. The first-order chi connectivity index (χ1) is 15.5. The van der Waals surface area contributed by atoms with Crippen molar-refractivity contribution in [2.24, 2.45) is 0 Å². The van der Waals surface area contributed by atoms with Crippen molar-refractivity contribution in [3.8, 4) is 11.3 Å². The normalized spacial score (nSPS) is 11.1. The highest BCUT2D eigenvalue weighted by molar-refractivity contribution is 5.75. The molecule has 0 spiro atoms. The molecule has 0 fully saturated rings. The van der Waals surface area contributed by atoms with Gasteiger partial charge in [0.1, 0.15) is 5.52 Å². The van der Waals surface area contributed by atoms with Gasteiger partial charge in [-0.2, -0.15) is 5.10 Å². The molecule has 0 radical (unpaired) electrons. The van der Waals surface area contributed by atoms with Crippen molar-refractivity contribution >= 4 is 11.4 Å². The highest BCUT2D eigenvalue weighted by Crippen LogP contribution is 2.21. The highest BCUT2D eigenvalue weighted by atomic mass is 16.1. The molecule has 1 N–H and O–H groups in total. The van der Waals surface area contributed by atoms with Crippen molar-refractivity contribution < 1.29 is 4.79 Å². The Hall–Kier alpha value is -3.67. The van der Waals surface area contributed by atoms with E-state index in [4.69, 9.17) is 0 Å². The lowest BCUT2D eigenvalue weighted by atomic mass is 10.0. The zero-order chi connectivity index (χ0) is 22.5. The summed E-state index contributed by atoms with van der Waals surface area (Å²) in [5.41, 5.74) is 5.78. The van der Waals surface area contributed by atoms with Gasteiger partial charge in [0.25, 0.3) is 5.56 Å². The van der Waals surface area contributed by atoms with Crippen molar-refractivity contribution in [3.63, 3.8) is 0 Å². The van der Waals surface area contributed by atoms with Crippen LogP contribution in [0.1, 0.15) is 29.5 Å². The Labute approximate surface area is 187 Å². The number of rotatable bonds is 8.